The van der Waals surface area contributed by atoms with E-state index in [1.807, 2.05) is 31.2 Å². The van der Waals surface area contributed by atoms with Gasteiger partial charge in [-0.05, 0) is 13.0 Å². The van der Waals surface area contributed by atoms with Crippen LogP contribution in [0.1, 0.15) is 6.92 Å². The van der Waals surface area contributed by atoms with Crippen LogP contribution in [0, 0.1) is 0 Å². The first-order valence-corrected chi connectivity index (χ1v) is 4.24. The van der Waals surface area contributed by atoms with E-state index < -0.39 is 0 Å². The summed E-state index contributed by atoms with van der Waals surface area (Å²) in [4.78, 5) is 0. The molecule has 0 bridgehead atoms. The van der Waals surface area contributed by atoms with Gasteiger partial charge in [-0.3, -0.25) is 0 Å². The Balaban J connectivity index is 2.50. The topological polar surface area (TPSA) is 18.5 Å². The van der Waals surface area contributed by atoms with Gasteiger partial charge in [0.05, 0.1) is 6.10 Å². The quantitative estimate of drug-likeness (QED) is 0.634. The van der Waals surface area contributed by atoms with Gasteiger partial charge in [-0.15, -0.1) is 0 Å². The molecule has 13 heavy (non-hydrogen) atoms. The Kier molecular flexibility index (Phi) is 3.84. The summed E-state index contributed by atoms with van der Waals surface area (Å²) in [5, 5.41) is 0. The van der Waals surface area contributed by atoms with Crippen LogP contribution >= 0.6 is 0 Å². The summed E-state index contributed by atoms with van der Waals surface area (Å²) in [5.74, 6) is 0.714. The molecule has 1 aromatic carbocycles. The van der Waals surface area contributed by atoms with Gasteiger partial charge >= 0.3 is 0 Å². The number of hydrogen-bond acceptors (Lipinski definition) is 2. The fourth-order valence-corrected chi connectivity index (χ4v) is 0.887. The molecule has 3 heteroatoms. The summed E-state index contributed by atoms with van der Waals surface area (Å²) in [6.07, 6.45) is 0.0830. The Bertz CT molecular complexity index is 263. The molecule has 2 nitrogen and oxygen atoms in total. The van der Waals surface area contributed by atoms with Gasteiger partial charge in [-0.25, -0.2) is 0 Å². The van der Waals surface area contributed by atoms with Gasteiger partial charge in [0.15, 0.2) is 0 Å². The predicted molar refractivity (Wildman–Crippen MR) is 53.8 cm³/mol. The van der Waals surface area contributed by atoms with Crippen LogP contribution in [-0.4, -0.2) is 27.7 Å². The zero-order valence-corrected chi connectivity index (χ0v) is 7.99. The first-order valence-electron chi connectivity index (χ1n) is 4.24. The van der Waals surface area contributed by atoms with E-state index in [1.165, 1.54) is 0 Å². The molecule has 0 amide bonds. The normalized spacial score (nSPS) is 12.5. The average molecular weight is 176 g/mol. The molecular formula is C10H13BO2. The second-order valence-electron chi connectivity index (χ2n) is 2.90. The van der Waals surface area contributed by atoms with E-state index in [0.29, 0.717) is 17.8 Å². The summed E-state index contributed by atoms with van der Waals surface area (Å²) < 4.78 is 10.5. The van der Waals surface area contributed by atoms with Crippen molar-refractivity contribution in [3.63, 3.8) is 0 Å². The SMILES string of the molecule is [B]c1ccccc1OCC(C)OC. The van der Waals surface area contributed by atoms with Crippen LogP contribution in [-0.2, 0) is 4.74 Å². The van der Waals surface area contributed by atoms with Gasteiger partial charge in [0.1, 0.15) is 20.2 Å². The first kappa shape index (κ1) is 10.1. The predicted octanol–water partition coefficient (Wildman–Crippen LogP) is 0.894. The van der Waals surface area contributed by atoms with Gasteiger partial charge in [0, 0.05) is 7.11 Å². The number of para-hydroxylation sites is 1. The standard InChI is InChI=1S/C10H13BO2/c1-8(12-2)7-13-10-6-4-3-5-9(10)11/h3-6,8H,7H2,1-2H3. The molecule has 1 unspecified atom stereocenters. The highest BCUT2D eigenvalue weighted by Crippen LogP contribution is 2.05. The Morgan fingerprint density at radius 2 is 2.08 bits per heavy atom. The van der Waals surface area contributed by atoms with Crippen molar-refractivity contribution in [1.29, 1.82) is 0 Å². The molecule has 0 saturated heterocycles. The van der Waals surface area contributed by atoms with Gasteiger partial charge in [0.2, 0.25) is 0 Å². The van der Waals surface area contributed by atoms with Crippen LogP contribution in [0.25, 0.3) is 0 Å². The lowest BCUT2D eigenvalue weighted by Gasteiger charge is -2.12. The summed E-state index contributed by atoms with van der Waals surface area (Å²) in [6, 6.07) is 7.43. The van der Waals surface area contributed by atoms with Crippen molar-refractivity contribution in [2.24, 2.45) is 0 Å². The Hall–Kier alpha value is -0.955. The van der Waals surface area contributed by atoms with Crippen molar-refractivity contribution >= 4 is 13.3 Å². The molecule has 0 aromatic heterocycles. The minimum absolute atomic E-state index is 0.0830. The average Bonchev–Trinajstić information content (AvgIpc) is 2.16. The lowest BCUT2D eigenvalue weighted by Crippen LogP contribution is -2.19. The van der Waals surface area contributed by atoms with E-state index in [9.17, 15) is 0 Å². The molecular weight excluding hydrogens is 163 g/mol. The van der Waals surface area contributed by atoms with Crippen molar-refractivity contribution in [2.45, 2.75) is 13.0 Å². The second kappa shape index (κ2) is 4.92. The summed E-state index contributed by atoms with van der Waals surface area (Å²) >= 11 is 0. The molecule has 1 atom stereocenters. The van der Waals surface area contributed by atoms with E-state index in [4.69, 9.17) is 17.3 Å². The number of hydrogen-bond donors (Lipinski definition) is 0. The number of methoxy groups -OCH3 is 1. The smallest absolute Gasteiger partial charge is 0.119 e. The third-order valence-electron chi connectivity index (χ3n) is 1.79. The molecule has 0 aliphatic heterocycles. The summed E-state index contributed by atoms with van der Waals surface area (Å²) in [5.41, 5.74) is 0.658. The van der Waals surface area contributed by atoms with E-state index in [2.05, 4.69) is 0 Å². The molecule has 1 rings (SSSR count). The molecule has 0 heterocycles. The Morgan fingerprint density at radius 3 is 2.69 bits per heavy atom. The van der Waals surface area contributed by atoms with Crippen LogP contribution in [0.5, 0.6) is 5.75 Å². The molecule has 0 fully saturated rings. The fourth-order valence-electron chi connectivity index (χ4n) is 0.887. The zero-order valence-electron chi connectivity index (χ0n) is 7.99. The van der Waals surface area contributed by atoms with Crippen LogP contribution in [0.3, 0.4) is 0 Å². The highest BCUT2D eigenvalue weighted by Gasteiger charge is 2.01. The van der Waals surface area contributed by atoms with Gasteiger partial charge in [-0.2, -0.15) is 0 Å². The highest BCUT2D eigenvalue weighted by atomic mass is 16.5. The summed E-state index contributed by atoms with van der Waals surface area (Å²) in [7, 11) is 7.34. The van der Waals surface area contributed by atoms with E-state index in [-0.39, 0.29) is 6.10 Å². The third-order valence-corrected chi connectivity index (χ3v) is 1.79. The first-order chi connectivity index (χ1) is 6.24. The maximum atomic E-state index is 5.68. The minimum Gasteiger partial charge on any atom is -0.492 e. The summed E-state index contributed by atoms with van der Waals surface area (Å²) in [6.45, 7) is 2.46. The van der Waals surface area contributed by atoms with Crippen molar-refractivity contribution in [3.8, 4) is 5.75 Å². The largest absolute Gasteiger partial charge is 0.492 e. The van der Waals surface area contributed by atoms with Gasteiger partial charge in [0.25, 0.3) is 0 Å². The van der Waals surface area contributed by atoms with Crippen LogP contribution in [0.15, 0.2) is 24.3 Å². The van der Waals surface area contributed by atoms with Crippen molar-refractivity contribution in [3.05, 3.63) is 24.3 Å². The molecule has 0 N–H and O–H groups in total. The lowest BCUT2D eigenvalue weighted by molar-refractivity contribution is 0.0720. The van der Waals surface area contributed by atoms with Crippen LogP contribution in [0.4, 0.5) is 0 Å². The van der Waals surface area contributed by atoms with E-state index in [1.54, 1.807) is 7.11 Å². The molecule has 0 spiro atoms. The Labute approximate surface area is 80.3 Å². The van der Waals surface area contributed by atoms with E-state index in [0.717, 1.165) is 0 Å². The molecule has 1 aromatic rings. The monoisotopic (exact) mass is 176 g/mol. The molecule has 0 aliphatic rings. The van der Waals surface area contributed by atoms with Crippen molar-refractivity contribution in [1.82, 2.24) is 0 Å². The molecule has 0 aliphatic carbocycles. The maximum Gasteiger partial charge on any atom is 0.119 e. The van der Waals surface area contributed by atoms with Crippen LogP contribution in [0.2, 0.25) is 0 Å². The number of ether oxygens (including phenoxy) is 2. The molecule has 0 saturated carbocycles. The second-order valence-corrected chi connectivity index (χ2v) is 2.90. The minimum atomic E-state index is 0.0830. The third kappa shape index (κ3) is 3.11. The van der Waals surface area contributed by atoms with Crippen molar-refractivity contribution < 1.29 is 9.47 Å². The zero-order chi connectivity index (χ0) is 9.68. The van der Waals surface area contributed by atoms with E-state index >= 15 is 0 Å². The molecule has 2 radical (unpaired) electrons. The number of benzene rings is 1. The van der Waals surface area contributed by atoms with Gasteiger partial charge < -0.3 is 9.47 Å². The fraction of sp³-hybridized carbons (Fsp3) is 0.400. The number of rotatable bonds is 4. The maximum absolute atomic E-state index is 5.68. The van der Waals surface area contributed by atoms with Crippen LogP contribution < -0.4 is 10.2 Å². The Morgan fingerprint density at radius 1 is 1.38 bits per heavy atom. The molecule has 68 valence electrons. The highest BCUT2D eigenvalue weighted by molar-refractivity contribution is 6.34. The lowest BCUT2D eigenvalue weighted by atomic mass is 9.95. The van der Waals surface area contributed by atoms with Gasteiger partial charge in [-0.1, -0.05) is 23.7 Å². The van der Waals surface area contributed by atoms with Crippen molar-refractivity contribution in [2.75, 3.05) is 13.7 Å².